The van der Waals surface area contributed by atoms with Gasteiger partial charge in [-0.15, -0.1) is 0 Å². The van der Waals surface area contributed by atoms with Crippen molar-refractivity contribution in [2.45, 2.75) is 9.79 Å². The fraction of sp³-hybridized carbons (Fsp3) is 0. The highest BCUT2D eigenvalue weighted by Crippen LogP contribution is 2.49. The van der Waals surface area contributed by atoms with Crippen molar-refractivity contribution in [2.24, 2.45) is 0 Å². The molecule has 0 atom stereocenters. The minimum absolute atomic E-state index is 1.10. The number of hydrogen-bond acceptors (Lipinski definition) is 2. The maximum absolute atomic E-state index is 2.42. The average Bonchev–Trinajstić information content (AvgIpc) is 3.64. The Bertz CT molecular complexity index is 3400. The highest BCUT2D eigenvalue weighted by atomic mass is 32.2. The first-order valence-corrected chi connectivity index (χ1v) is 21.0. The summed E-state index contributed by atoms with van der Waals surface area (Å²) in [6.07, 6.45) is 0. The van der Waals surface area contributed by atoms with Gasteiger partial charge in [0.25, 0.3) is 0 Å². The molecule has 1 aliphatic rings. The summed E-state index contributed by atoms with van der Waals surface area (Å²) in [4.78, 5) is 5.04. The smallest absolute Gasteiger partial charge is 0.0547 e. The van der Waals surface area contributed by atoms with Crippen molar-refractivity contribution < 1.29 is 0 Å². The van der Waals surface area contributed by atoms with Crippen molar-refractivity contribution in [1.29, 1.82) is 0 Å². The summed E-state index contributed by atoms with van der Waals surface area (Å²) in [5.41, 5.74) is 14.2. The molecule has 3 heteroatoms. The summed E-state index contributed by atoms with van der Waals surface area (Å²) in [6, 6.07) is 80.0. The number of fused-ring (bicyclic) bond motifs is 7. The second-order valence-electron chi connectivity index (χ2n) is 15.3. The Morgan fingerprint density at radius 2 is 0.983 bits per heavy atom. The van der Waals surface area contributed by atoms with Crippen LogP contribution in [-0.4, -0.2) is 4.57 Å². The molecule has 0 aliphatic carbocycles. The molecule has 10 aromatic carbocycles. The molecule has 2 heterocycles. The zero-order valence-corrected chi connectivity index (χ0v) is 32.9. The number of anilines is 3. The molecule has 276 valence electrons. The molecule has 59 heavy (non-hydrogen) atoms. The topological polar surface area (TPSA) is 8.17 Å². The van der Waals surface area contributed by atoms with Crippen LogP contribution in [0.15, 0.2) is 228 Å². The van der Waals surface area contributed by atoms with E-state index in [1.54, 1.807) is 0 Å². The van der Waals surface area contributed by atoms with Crippen LogP contribution in [0.3, 0.4) is 0 Å². The molecule has 2 nitrogen and oxygen atoms in total. The van der Waals surface area contributed by atoms with Crippen LogP contribution >= 0.6 is 11.8 Å². The molecule has 0 saturated heterocycles. The fourth-order valence-corrected chi connectivity index (χ4v) is 10.3. The molecule has 0 fully saturated rings. The third-order valence-electron chi connectivity index (χ3n) is 11.9. The lowest BCUT2D eigenvalue weighted by Gasteiger charge is -2.27. The zero-order valence-electron chi connectivity index (χ0n) is 32.1. The molecule has 1 aliphatic heterocycles. The van der Waals surface area contributed by atoms with Crippen molar-refractivity contribution in [3.05, 3.63) is 218 Å². The average molecular weight is 769 g/mol. The molecular formula is C56H36N2S. The van der Waals surface area contributed by atoms with E-state index in [0.29, 0.717) is 0 Å². The molecule has 0 N–H and O–H groups in total. The lowest BCUT2D eigenvalue weighted by molar-refractivity contribution is 1.18. The predicted molar refractivity (Wildman–Crippen MR) is 251 cm³/mol. The van der Waals surface area contributed by atoms with Crippen molar-refractivity contribution in [1.82, 2.24) is 4.57 Å². The summed E-state index contributed by atoms with van der Waals surface area (Å²) in [5.74, 6) is 0. The molecule has 0 spiro atoms. The zero-order chi connectivity index (χ0) is 38.9. The molecule has 0 unspecified atom stereocenters. The summed E-state index contributed by atoms with van der Waals surface area (Å²) < 4.78 is 2.41. The van der Waals surface area contributed by atoms with Crippen molar-refractivity contribution in [3.8, 4) is 39.1 Å². The summed E-state index contributed by atoms with van der Waals surface area (Å²) in [5, 5.41) is 7.62. The quantitative estimate of drug-likeness (QED) is 0.166. The van der Waals surface area contributed by atoms with Gasteiger partial charge in [-0.05, 0) is 128 Å². The predicted octanol–water partition coefficient (Wildman–Crippen LogP) is 16.0. The van der Waals surface area contributed by atoms with Crippen LogP contribution in [0.2, 0.25) is 0 Å². The number of hydrogen-bond donors (Lipinski definition) is 0. The molecule has 0 amide bonds. The van der Waals surface area contributed by atoms with E-state index in [-0.39, 0.29) is 0 Å². The van der Waals surface area contributed by atoms with Gasteiger partial charge in [-0.2, -0.15) is 0 Å². The SMILES string of the molecule is c1ccc(-c2ccc(N(c3cccc(-c4ccc5c(c4)-c4cccc6cccc(c46)S5)c3)c3ccc4c(c3)c3c5ccccc5ccc3n4-c3ccccc3)cc2)cc1. The number of benzene rings is 10. The van der Waals surface area contributed by atoms with E-state index in [4.69, 9.17) is 0 Å². The Morgan fingerprint density at radius 1 is 0.339 bits per heavy atom. The van der Waals surface area contributed by atoms with Crippen LogP contribution in [0, 0.1) is 0 Å². The summed E-state index contributed by atoms with van der Waals surface area (Å²) in [6.45, 7) is 0. The van der Waals surface area contributed by atoms with E-state index in [9.17, 15) is 0 Å². The molecule has 0 bridgehead atoms. The minimum Gasteiger partial charge on any atom is -0.310 e. The Kier molecular flexibility index (Phi) is 7.82. The Balaban J connectivity index is 1.05. The van der Waals surface area contributed by atoms with Gasteiger partial charge < -0.3 is 9.47 Å². The van der Waals surface area contributed by atoms with E-state index in [0.717, 1.165) is 22.7 Å². The van der Waals surface area contributed by atoms with Gasteiger partial charge in [0.15, 0.2) is 0 Å². The Labute approximate surface area is 347 Å². The van der Waals surface area contributed by atoms with Crippen LogP contribution < -0.4 is 4.90 Å². The van der Waals surface area contributed by atoms with Crippen molar-refractivity contribution in [3.63, 3.8) is 0 Å². The third-order valence-corrected chi connectivity index (χ3v) is 13.1. The molecule has 11 aromatic rings. The second kappa shape index (κ2) is 13.7. The molecule has 0 radical (unpaired) electrons. The van der Waals surface area contributed by atoms with Crippen LogP contribution in [0.1, 0.15) is 0 Å². The van der Waals surface area contributed by atoms with E-state index >= 15 is 0 Å². The Hall–Kier alpha value is -7.33. The normalized spacial score (nSPS) is 12.0. The standard InChI is InChI=1S/C56H36N2S/c1-3-12-37(13-4-1)38-24-28-44(29-25-38)57(45-20-9-17-41(34-45)42-27-33-53-49(35-42)48-22-10-15-40-16-11-23-54(59-53)55(40)48)46-30-32-51-50(36-46)56-47-21-8-7-14-39(47)26-31-52(56)58(51)43-18-5-2-6-19-43/h1-36H. The van der Waals surface area contributed by atoms with Gasteiger partial charge in [0.2, 0.25) is 0 Å². The highest BCUT2D eigenvalue weighted by Gasteiger charge is 2.22. The third kappa shape index (κ3) is 5.58. The number of aromatic nitrogens is 1. The van der Waals surface area contributed by atoms with Crippen LogP contribution in [0.5, 0.6) is 0 Å². The number of nitrogens with zero attached hydrogens (tertiary/aromatic N) is 2. The van der Waals surface area contributed by atoms with Crippen LogP contribution in [0.4, 0.5) is 17.1 Å². The van der Waals surface area contributed by atoms with E-state index < -0.39 is 0 Å². The first-order valence-electron chi connectivity index (χ1n) is 20.2. The number of rotatable bonds is 6. The van der Waals surface area contributed by atoms with Gasteiger partial charge in [0.05, 0.1) is 11.0 Å². The van der Waals surface area contributed by atoms with Crippen LogP contribution in [0.25, 0.3) is 82.4 Å². The molecular weight excluding hydrogens is 733 g/mol. The molecule has 1 aromatic heterocycles. The lowest BCUT2D eigenvalue weighted by Crippen LogP contribution is -2.10. The molecule has 12 rings (SSSR count). The van der Waals surface area contributed by atoms with Crippen molar-refractivity contribution >= 4 is 72.2 Å². The van der Waals surface area contributed by atoms with Gasteiger partial charge in [0, 0.05) is 48.7 Å². The van der Waals surface area contributed by atoms with Gasteiger partial charge in [-0.3, -0.25) is 0 Å². The summed E-state index contributed by atoms with van der Waals surface area (Å²) in [7, 11) is 0. The van der Waals surface area contributed by atoms with Crippen molar-refractivity contribution in [2.75, 3.05) is 4.90 Å². The second-order valence-corrected chi connectivity index (χ2v) is 16.4. The monoisotopic (exact) mass is 768 g/mol. The molecule has 0 saturated carbocycles. The highest BCUT2D eigenvalue weighted by molar-refractivity contribution is 7.99. The van der Waals surface area contributed by atoms with E-state index in [2.05, 4.69) is 228 Å². The first kappa shape index (κ1) is 33.8. The van der Waals surface area contributed by atoms with Crippen LogP contribution in [-0.2, 0) is 0 Å². The maximum atomic E-state index is 2.42. The van der Waals surface area contributed by atoms with Gasteiger partial charge in [-0.25, -0.2) is 0 Å². The summed E-state index contributed by atoms with van der Waals surface area (Å²) >= 11 is 1.87. The number of para-hydroxylation sites is 1. The van der Waals surface area contributed by atoms with E-state index in [1.807, 2.05) is 11.8 Å². The Morgan fingerprint density at radius 3 is 1.85 bits per heavy atom. The maximum Gasteiger partial charge on any atom is 0.0547 e. The first-order chi connectivity index (χ1) is 29.2. The minimum atomic E-state index is 1.10. The lowest BCUT2D eigenvalue weighted by atomic mass is 9.94. The van der Waals surface area contributed by atoms with Gasteiger partial charge in [0.1, 0.15) is 0 Å². The van der Waals surface area contributed by atoms with Gasteiger partial charge >= 0.3 is 0 Å². The van der Waals surface area contributed by atoms with E-state index in [1.165, 1.54) is 86.5 Å². The largest absolute Gasteiger partial charge is 0.310 e. The van der Waals surface area contributed by atoms with Gasteiger partial charge in [-0.1, -0.05) is 151 Å². The fourth-order valence-electron chi connectivity index (χ4n) is 9.22.